The summed E-state index contributed by atoms with van der Waals surface area (Å²) in [5.41, 5.74) is 4.04. The van der Waals surface area contributed by atoms with Crippen LogP contribution < -0.4 is 10.6 Å². The van der Waals surface area contributed by atoms with Crippen molar-refractivity contribution in [2.24, 2.45) is 0 Å². The standard InChI is InChI=1S/C22H16N6O2/c29-19(27-21-23-15-5-1-2-6-16(15)24-21)13-9-11-14(12-10-13)20(30)28-22-25-17-7-3-4-8-18(17)26-22/h1-12H,(H2,23,24,27,29)(H2,25,26,28,30). The Morgan fingerprint density at radius 1 is 0.600 bits per heavy atom. The predicted octanol–water partition coefficient (Wildman–Crippen LogP) is 3.94. The molecule has 0 radical (unpaired) electrons. The van der Waals surface area contributed by atoms with Gasteiger partial charge in [-0.2, -0.15) is 0 Å². The van der Waals surface area contributed by atoms with Crippen molar-refractivity contribution >= 4 is 45.8 Å². The van der Waals surface area contributed by atoms with E-state index in [1.807, 2.05) is 48.5 Å². The molecule has 0 saturated heterocycles. The van der Waals surface area contributed by atoms with Gasteiger partial charge < -0.3 is 9.97 Å². The van der Waals surface area contributed by atoms with Crippen LogP contribution in [0.15, 0.2) is 72.8 Å². The van der Waals surface area contributed by atoms with Crippen molar-refractivity contribution in [1.82, 2.24) is 19.9 Å². The molecule has 2 aromatic heterocycles. The van der Waals surface area contributed by atoms with Gasteiger partial charge in [0.15, 0.2) is 0 Å². The predicted molar refractivity (Wildman–Crippen MR) is 115 cm³/mol. The molecular formula is C22H16N6O2. The molecule has 2 heterocycles. The monoisotopic (exact) mass is 396 g/mol. The van der Waals surface area contributed by atoms with Crippen LogP contribution in [0.3, 0.4) is 0 Å². The zero-order valence-electron chi connectivity index (χ0n) is 15.6. The molecule has 0 unspecified atom stereocenters. The van der Waals surface area contributed by atoms with Crippen LogP contribution in [0, 0.1) is 0 Å². The van der Waals surface area contributed by atoms with Gasteiger partial charge in [0.1, 0.15) is 0 Å². The Bertz CT molecular complexity index is 1210. The number of anilines is 2. The van der Waals surface area contributed by atoms with Gasteiger partial charge in [0.25, 0.3) is 11.8 Å². The molecule has 0 aliphatic rings. The van der Waals surface area contributed by atoms with Crippen molar-refractivity contribution in [1.29, 1.82) is 0 Å². The number of para-hydroxylation sites is 4. The number of amides is 2. The maximum absolute atomic E-state index is 12.5. The van der Waals surface area contributed by atoms with Crippen LogP contribution in [0.5, 0.6) is 0 Å². The normalized spacial score (nSPS) is 10.9. The van der Waals surface area contributed by atoms with Crippen LogP contribution in [-0.2, 0) is 0 Å². The lowest BCUT2D eigenvalue weighted by Crippen LogP contribution is -2.15. The maximum Gasteiger partial charge on any atom is 0.257 e. The summed E-state index contributed by atoms with van der Waals surface area (Å²) in [5.74, 6) is 0.0948. The molecule has 0 spiro atoms. The molecule has 4 N–H and O–H groups in total. The third kappa shape index (κ3) is 3.37. The summed E-state index contributed by atoms with van der Waals surface area (Å²) in [7, 11) is 0. The fraction of sp³-hybridized carbons (Fsp3) is 0. The van der Waals surface area contributed by atoms with E-state index in [1.165, 1.54) is 0 Å². The first-order valence-electron chi connectivity index (χ1n) is 9.28. The summed E-state index contributed by atoms with van der Waals surface area (Å²) in [6, 6.07) is 21.4. The quantitative estimate of drug-likeness (QED) is 0.368. The minimum atomic E-state index is -0.321. The average molecular weight is 396 g/mol. The number of imidazole rings is 2. The van der Waals surface area contributed by atoms with Crippen molar-refractivity contribution in [3.05, 3.63) is 83.9 Å². The lowest BCUT2D eigenvalue weighted by Gasteiger charge is -2.04. The van der Waals surface area contributed by atoms with Gasteiger partial charge in [0, 0.05) is 11.1 Å². The highest BCUT2D eigenvalue weighted by atomic mass is 16.2. The second-order valence-corrected chi connectivity index (χ2v) is 6.69. The SMILES string of the molecule is O=C(Nc1nc2ccccc2[nH]1)c1ccc(C(=O)Nc2nc3ccccc3[nH]2)cc1. The third-order valence-electron chi connectivity index (χ3n) is 4.65. The Labute approximate surface area is 170 Å². The number of carbonyl (C=O) groups excluding carboxylic acids is 2. The highest BCUT2D eigenvalue weighted by molar-refractivity contribution is 6.07. The van der Waals surface area contributed by atoms with Crippen molar-refractivity contribution in [3.63, 3.8) is 0 Å². The smallest absolute Gasteiger partial charge is 0.257 e. The van der Waals surface area contributed by atoms with Crippen LogP contribution in [0.1, 0.15) is 20.7 Å². The summed E-state index contributed by atoms with van der Waals surface area (Å²) < 4.78 is 0. The highest BCUT2D eigenvalue weighted by Crippen LogP contribution is 2.16. The second-order valence-electron chi connectivity index (χ2n) is 6.69. The first kappa shape index (κ1) is 17.6. The molecule has 0 aliphatic heterocycles. The van der Waals surface area contributed by atoms with Crippen LogP contribution >= 0.6 is 0 Å². The molecule has 146 valence electrons. The summed E-state index contributed by atoms with van der Waals surface area (Å²) in [4.78, 5) is 39.7. The lowest BCUT2D eigenvalue weighted by atomic mass is 10.1. The van der Waals surface area contributed by atoms with E-state index in [0.29, 0.717) is 23.0 Å². The van der Waals surface area contributed by atoms with E-state index in [2.05, 4.69) is 30.6 Å². The number of nitrogens with zero attached hydrogens (tertiary/aromatic N) is 2. The topological polar surface area (TPSA) is 116 Å². The lowest BCUT2D eigenvalue weighted by molar-refractivity contribution is 0.101. The van der Waals surface area contributed by atoms with E-state index in [4.69, 9.17) is 0 Å². The fourth-order valence-electron chi connectivity index (χ4n) is 3.16. The maximum atomic E-state index is 12.5. The van der Waals surface area contributed by atoms with Crippen molar-refractivity contribution in [2.75, 3.05) is 10.6 Å². The number of carbonyl (C=O) groups is 2. The molecule has 5 rings (SSSR count). The van der Waals surface area contributed by atoms with E-state index in [-0.39, 0.29) is 11.8 Å². The highest BCUT2D eigenvalue weighted by Gasteiger charge is 2.12. The molecule has 0 atom stereocenters. The Balaban J connectivity index is 1.28. The molecular weight excluding hydrogens is 380 g/mol. The molecule has 30 heavy (non-hydrogen) atoms. The molecule has 0 aliphatic carbocycles. The van der Waals surface area contributed by atoms with Gasteiger partial charge in [-0.05, 0) is 48.5 Å². The van der Waals surface area contributed by atoms with Crippen molar-refractivity contribution in [3.8, 4) is 0 Å². The van der Waals surface area contributed by atoms with Crippen molar-refractivity contribution < 1.29 is 9.59 Å². The van der Waals surface area contributed by atoms with Gasteiger partial charge in [-0.25, -0.2) is 9.97 Å². The number of aromatic nitrogens is 4. The van der Waals surface area contributed by atoms with Gasteiger partial charge in [0.05, 0.1) is 22.1 Å². The van der Waals surface area contributed by atoms with Crippen LogP contribution in [-0.4, -0.2) is 31.8 Å². The van der Waals surface area contributed by atoms with E-state index in [0.717, 1.165) is 22.1 Å². The minimum Gasteiger partial charge on any atom is -0.324 e. The van der Waals surface area contributed by atoms with Gasteiger partial charge in [-0.15, -0.1) is 0 Å². The number of H-pyrrole nitrogens is 2. The summed E-state index contributed by atoms with van der Waals surface area (Å²) in [6.45, 7) is 0. The van der Waals surface area contributed by atoms with Gasteiger partial charge in [-0.3, -0.25) is 20.2 Å². The number of fused-ring (bicyclic) bond motifs is 2. The Morgan fingerprint density at radius 2 is 1.00 bits per heavy atom. The molecule has 8 nitrogen and oxygen atoms in total. The molecule has 8 heteroatoms. The number of nitrogens with one attached hydrogen (secondary N) is 4. The largest absolute Gasteiger partial charge is 0.324 e. The molecule has 0 fully saturated rings. The molecule has 0 saturated carbocycles. The number of aromatic amines is 2. The summed E-state index contributed by atoms with van der Waals surface area (Å²) in [6.07, 6.45) is 0. The zero-order chi connectivity index (χ0) is 20.5. The fourth-order valence-corrected chi connectivity index (χ4v) is 3.16. The molecule has 2 amide bonds. The van der Waals surface area contributed by atoms with E-state index >= 15 is 0 Å². The van der Waals surface area contributed by atoms with Crippen LogP contribution in [0.2, 0.25) is 0 Å². The van der Waals surface area contributed by atoms with Crippen LogP contribution in [0.4, 0.5) is 11.9 Å². The van der Waals surface area contributed by atoms with Gasteiger partial charge in [0.2, 0.25) is 11.9 Å². The van der Waals surface area contributed by atoms with Crippen LogP contribution in [0.25, 0.3) is 22.1 Å². The number of rotatable bonds is 4. The number of benzene rings is 3. The Morgan fingerprint density at radius 3 is 1.40 bits per heavy atom. The minimum absolute atomic E-state index is 0.321. The first-order chi connectivity index (χ1) is 14.7. The Hall–Kier alpha value is -4.46. The zero-order valence-corrected chi connectivity index (χ0v) is 15.6. The van der Waals surface area contributed by atoms with Gasteiger partial charge in [-0.1, -0.05) is 24.3 Å². The molecule has 0 bridgehead atoms. The molecule has 5 aromatic rings. The van der Waals surface area contributed by atoms with E-state index in [9.17, 15) is 9.59 Å². The van der Waals surface area contributed by atoms with Gasteiger partial charge >= 0.3 is 0 Å². The summed E-state index contributed by atoms with van der Waals surface area (Å²) >= 11 is 0. The van der Waals surface area contributed by atoms with E-state index in [1.54, 1.807) is 24.3 Å². The number of hydrogen-bond acceptors (Lipinski definition) is 4. The Kier molecular flexibility index (Phi) is 4.21. The summed E-state index contributed by atoms with van der Waals surface area (Å²) in [5, 5.41) is 5.46. The second kappa shape index (κ2) is 7.17. The average Bonchev–Trinajstić information content (AvgIpc) is 3.36. The van der Waals surface area contributed by atoms with Crippen molar-refractivity contribution in [2.45, 2.75) is 0 Å². The first-order valence-corrected chi connectivity index (χ1v) is 9.28. The number of hydrogen-bond donors (Lipinski definition) is 4. The molecule has 3 aromatic carbocycles. The third-order valence-corrected chi connectivity index (χ3v) is 4.65. The van der Waals surface area contributed by atoms with E-state index < -0.39 is 0 Å².